The van der Waals surface area contributed by atoms with E-state index in [1.165, 1.54) is 4.88 Å². The normalized spacial score (nSPS) is 14.7. The van der Waals surface area contributed by atoms with Crippen LogP contribution in [0.3, 0.4) is 0 Å². The molecule has 18 heavy (non-hydrogen) atoms. The molecule has 2 aromatic heterocycles. The summed E-state index contributed by atoms with van der Waals surface area (Å²) in [5.74, 6) is 0.761. The molecular weight excluding hydrogens is 246 g/mol. The van der Waals surface area contributed by atoms with Crippen LogP contribution in [0.25, 0.3) is 10.6 Å². The molecule has 0 unspecified atom stereocenters. The van der Waals surface area contributed by atoms with E-state index in [0.717, 1.165) is 47.8 Å². The van der Waals surface area contributed by atoms with E-state index < -0.39 is 0 Å². The van der Waals surface area contributed by atoms with Crippen LogP contribution in [0, 0.1) is 6.92 Å². The Morgan fingerprint density at radius 1 is 1.33 bits per heavy atom. The number of hydrogen-bond acceptors (Lipinski definition) is 4. The second-order valence-electron chi connectivity index (χ2n) is 4.54. The summed E-state index contributed by atoms with van der Waals surface area (Å²) in [7, 11) is 0. The number of aryl methyl sites for hydroxylation is 1. The van der Waals surface area contributed by atoms with Crippen molar-refractivity contribution in [1.29, 1.82) is 0 Å². The molecule has 0 spiro atoms. The molecule has 0 radical (unpaired) electrons. The number of aromatic amines is 1. The van der Waals surface area contributed by atoms with Crippen LogP contribution in [0.2, 0.25) is 0 Å². The lowest BCUT2D eigenvalue weighted by atomic mass is 10.1. The van der Waals surface area contributed by atoms with Crippen molar-refractivity contribution in [3.63, 3.8) is 0 Å². The van der Waals surface area contributed by atoms with Crippen LogP contribution in [-0.4, -0.2) is 16.5 Å². The summed E-state index contributed by atoms with van der Waals surface area (Å²) in [6, 6.07) is 4.14. The summed E-state index contributed by atoms with van der Waals surface area (Å²) in [6.07, 6.45) is 3.22. The summed E-state index contributed by atoms with van der Waals surface area (Å²) < 4.78 is 0. The first-order chi connectivity index (χ1) is 8.74. The minimum atomic E-state index is -0.274. The van der Waals surface area contributed by atoms with Gasteiger partial charge in [0.15, 0.2) is 0 Å². The molecule has 2 aromatic rings. The molecule has 3 heterocycles. The van der Waals surface area contributed by atoms with Gasteiger partial charge in [-0.3, -0.25) is 0 Å². The summed E-state index contributed by atoms with van der Waals surface area (Å²) in [5.41, 5.74) is 1.82. The summed E-state index contributed by atoms with van der Waals surface area (Å²) in [6.45, 7) is 2.97. The van der Waals surface area contributed by atoms with Crippen molar-refractivity contribution in [3.05, 3.63) is 33.1 Å². The average Bonchev–Trinajstić information content (AvgIpc) is 2.63. The molecule has 4 nitrogen and oxygen atoms in total. The van der Waals surface area contributed by atoms with Crippen molar-refractivity contribution in [2.45, 2.75) is 26.2 Å². The maximum absolute atomic E-state index is 11.7. The molecule has 2 N–H and O–H groups in total. The van der Waals surface area contributed by atoms with Crippen LogP contribution in [0.15, 0.2) is 16.9 Å². The Bertz CT molecular complexity index is 629. The zero-order chi connectivity index (χ0) is 12.5. The first kappa shape index (κ1) is 11.5. The van der Waals surface area contributed by atoms with Crippen LogP contribution < -0.4 is 11.0 Å². The highest BCUT2D eigenvalue weighted by molar-refractivity contribution is 7.15. The van der Waals surface area contributed by atoms with Gasteiger partial charge in [-0.1, -0.05) is 0 Å². The van der Waals surface area contributed by atoms with E-state index in [9.17, 15) is 4.79 Å². The smallest absolute Gasteiger partial charge is 0.347 e. The number of aromatic nitrogens is 2. The number of H-pyrrole nitrogens is 1. The van der Waals surface area contributed by atoms with E-state index in [-0.39, 0.29) is 5.69 Å². The third kappa shape index (κ3) is 2.06. The lowest BCUT2D eigenvalue weighted by molar-refractivity contribution is 0.785. The second-order valence-corrected chi connectivity index (χ2v) is 5.83. The van der Waals surface area contributed by atoms with E-state index >= 15 is 0 Å². The van der Waals surface area contributed by atoms with Gasteiger partial charge in [-0.05, 0) is 38.3 Å². The standard InChI is InChI=1S/C13H15N3OS/c1-8-5-6-10(18-8)11-9-4-2-3-7-14-12(9)16-13(17)15-11/h5-6H,2-4,7H2,1H3,(H2,14,15,16,17). The minimum Gasteiger partial charge on any atom is -0.370 e. The molecule has 1 aliphatic rings. The maximum Gasteiger partial charge on any atom is 0.347 e. The van der Waals surface area contributed by atoms with Gasteiger partial charge in [-0.25, -0.2) is 4.79 Å². The Morgan fingerprint density at radius 3 is 3.00 bits per heavy atom. The molecule has 0 saturated carbocycles. The number of anilines is 1. The van der Waals surface area contributed by atoms with Gasteiger partial charge in [-0.2, -0.15) is 4.98 Å². The van der Waals surface area contributed by atoms with Crippen LogP contribution in [0.1, 0.15) is 23.3 Å². The molecule has 0 aliphatic carbocycles. The summed E-state index contributed by atoms with van der Waals surface area (Å²) in [5, 5.41) is 3.26. The third-order valence-corrected chi connectivity index (χ3v) is 4.18. The first-order valence-electron chi connectivity index (χ1n) is 6.18. The highest BCUT2D eigenvalue weighted by atomic mass is 32.1. The van der Waals surface area contributed by atoms with Crippen molar-refractivity contribution in [3.8, 4) is 10.6 Å². The molecule has 94 valence electrons. The predicted molar refractivity (Wildman–Crippen MR) is 74.3 cm³/mol. The molecule has 1 aliphatic heterocycles. The number of nitrogens with zero attached hydrogens (tertiary/aromatic N) is 1. The van der Waals surface area contributed by atoms with Crippen molar-refractivity contribution < 1.29 is 0 Å². The Balaban J connectivity index is 2.19. The van der Waals surface area contributed by atoms with Crippen molar-refractivity contribution >= 4 is 17.2 Å². The SMILES string of the molecule is Cc1ccc(-c2[nH]c(=O)nc3c2CCCCN3)s1. The van der Waals surface area contributed by atoms with Gasteiger partial charge in [0.25, 0.3) is 0 Å². The Labute approximate surface area is 109 Å². The fraction of sp³-hybridized carbons (Fsp3) is 0.385. The summed E-state index contributed by atoms with van der Waals surface area (Å²) >= 11 is 1.70. The van der Waals surface area contributed by atoms with Crippen molar-refractivity contribution in [2.24, 2.45) is 0 Å². The third-order valence-electron chi connectivity index (χ3n) is 3.17. The number of nitrogens with one attached hydrogen (secondary N) is 2. The predicted octanol–water partition coefficient (Wildman–Crippen LogP) is 2.56. The molecule has 0 atom stereocenters. The van der Waals surface area contributed by atoms with E-state index in [1.807, 2.05) is 0 Å². The molecule has 0 fully saturated rings. The van der Waals surface area contributed by atoms with E-state index in [4.69, 9.17) is 0 Å². The van der Waals surface area contributed by atoms with E-state index in [2.05, 4.69) is 34.3 Å². The highest BCUT2D eigenvalue weighted by Crippen LogP contribution is 2.32. The number of hydrogen-bond donors (Lipinski definition) is 2. The van der Waals surface area contributed by atoms with Gasteiger partial charge in [0.1, 0.15) is 5.82 Å². The van der Waals surface area contributed by atoms with Crippen molar-refractivity contribution in [1.82, 2.24) is 9.97 Å². The highest BCUT2D eigenvalue weighted by Gasteiger charge is 2.16. The summed E-state index contributed by atoms with van der Waals surface area (Å²) in [4.78, 5) is 21.0. The van der Waals surface area contributed by atoms with Crippen LogP contribution >= 0.6 is 11.3 Å². The molecule has 0 bridgehead atoms. The van der Waals surface area contributed by atoms with Gasteiger partial charge in [-0.15, -0.1) is 11.3 Å². The van der Waals surface area contributed by atoms with Crippen molar-refractivity contribution in [2.75, 3.05) is 11.9 Å². The Kier molecular flexibility index (Phi) is 2.91. The zero-order valence-electron chi connectivity index (χ0n) is 10.2. The molecule has 0 aromatic carbocycles. The quantitative estimate of drug-likeness (QED) is 0.829. The van der Waals surface area contributed by atoms with Gasteiger partial charge in [0.05, 0.1) is 10.6 Å². The fourth-order valence-electron chi connectivity index (χ4n) is 2.30. The molecule has 0 saturated heterocycles. The average molecular weight is 261 g/mol. The van der Waals surface area contributed by atoms with Gasteiger partial charge < -0.3 is 10.3 Å². The second kappa shape index (κ2) is 4.57. The lowest BCUT2D eigenvalue weighted by Gasteiger charge is -2.09. The topological polar surface area (TPSA) is 57.8 Å². The molecule has 3 rings (SSSR count). The van der Waals surface area contributed by atoms with Gasteiger partial charge >= 0.3 is 5.69 Å². The minimum absolute atomic E-state index is 0.274. The largest absolute Gasteiger partial charge is 0.370 e. The zero-order valence-corrected chi connectivity index (χ0v) is 11.1. The lowest BCUT2D eigenvalue weighted by Crippen LogP contribution is -2.16. The molecule has 5 heteroatoms. The monoisotopic (exact) mass is 261 g/mol. The van der Waals surface area contributed by atoms with Gasteiger partial charge in [0.2, 0.25) is 0 Å². The molecular formula is C13H15N3OS. The fourth-order valence-corrected chi connectivity index (χ4v) is 3.20. The van der Waals surface area contributed by atoms with Gasteiger partial charge in [0, 0.05) is 17.0 Å². The van der Waals surface area contributed by atoms with E-state index in [1.54, 1.807) is 11.3 Å². The number of rotatable bonds is 1. The first-order valence-corrected chi connectivity index (χ1v) is 6.99. The number of thiophene rings is 1. The molecule has 0 amide bonds. The van der Waals surface area contributed by atoms with Crippen LogP contribution in [0.5, 0.6) is 0 Å². The Hall–Kier alpha value is -1.62. The maximum atomic E-state index is 11.7. The van der Waals surface area contributed by atoms with Crippen LogP contribution in [-0.2, 0) is 6.42 Å². The number of fused-ring (bicyclic) bond motifs is 1. The van der Waals surface area contributed by atoms with Crippen LogP contribution in [0.4, 0.5) is 5.82 Å². The van der Waals surface area contributed by atoms with E-state index in [0.29, 0.717) is 0 Å². The Morgan fingerprint density at radius 2 is 2.22 bits per heavy atom.